The Morgan fingerprint density at radius 2 is 1.47 bits per heavy atom. The van der Waals surface area contributed by atoms with Gasteiger partial charge in [-0.15, -0.1) is 0 Å². The molecule has 19 heavy (non-hydrogen) atoms. The molecule has 0 radical (unpaired) electrons. The van der Waals surface area contributed by atoms with E-state index in [1.165, 1.54) is 0 Å². The summed E-state index contributed by atoms with van der Waals surface area (Å²) in [5, 5.41) is 0. The van der Waals surface area contributed by atoms with Gasteiger partial charge in [0.2, 0.25) is 0 Å². The molecule has 1 aromatic rings. The van der Waals surface area contributed by atoms with E-state index in [0.29, 0.717) is 0 Å². The van der Waals surface area contributed by atoms with Gasteiger partial charge in [-0.1, -0.05) is 0 Å². The van der Waals surface area contributed by atoms with Crippen molar-refractivity contribution in [2.75, 3.05) is 4.43 Å². The second kappa shape index (κ2) is 4.64. The molecule has 0 N–H and O–H groups in total. The third-order valence-corrected chi connectivity index (χ3v) is 8.90. The molecular formula is C10H11ClF7I. The minimum atomic E-state index is -9.98. The number of halogens is 9. The topological polar surface area (TPSA) is 0 Å². The third-order valence-electron chi connectivity index (χ3n) is 2.27. The van der Waals surface area contributed by atoms with Gasteiger partial charge >= 0.3 is 99.9 Å². The van der Waals surface area contributed by atoms with E-state index in [1.807, 2.05) is 0 Å². The Balaban J connectivity index is 0.00000324. The van der Waals surface area contributed by atoms with Crippen molar-refractivity contribution < 1.29 is 55.0 Å². The summed E-state index contributed by atoms with van der Waals surface area (Å²) in [4.78, 5) is 0. The van der Waals surface area contributed by atoms with Crippen LogP contribution in [-0.2, 0) is 0 Å². The molecule has 0 saturated carbocycles. The zero-order chi connectivity index (χ0) is 14.4. The second-order valence-electron chi connectivity index (χ2n) is 3.95. The van der Waals surface area contributed by atoms with Gasteiger partial charge in [-0.05, 0) is 0 Å². The summed E-state index contributed by atoms with van der Waals surface area (Å²) in [7, 11) is 0. The second-order valence-corrected chi connectivity index (χ2v) is 12.7. The molecule has 1 rings (SSSR count). The average molecular weight is 427 g/mol. The van der Waals surface area contributed by atoms with Crippen molar-refractivity contribution in [2.45, 2.75) is 20.3 Å². The number of hydrogen-bond donors (Lipinski definition) is 0. The predicted molar refractivity (Wildman–Crippen MR) is 49.3 cm³/mol. The Bertz CT molecular complexity index is 508. The van der Waals surface area contributed by atoms with Gasteiger partial charge < -0.3 is 12.4 Å². The van der Waals surface area contributed by atoms with Crippen LogP contribution in [0, 0.1) is 27.9 Å². The first kappa shape index (κ1) is 18.8. The van der Waals surface area contributed by atoms with Crippen molar-refractivity contribution in [2.24, 2.45) is 0 Å². The van der Waals surface area contributed by atoms with E-state index in [2.05, 4.69) is 0 Å². The van der Waals surface area contributed by atoms with Gasteiger partial charge in [0.1, 0.15) is 0 Å². The van der Waals surface area contributed by atoms with Gasteiger partial charge in [0.05, 0.1) is 0 Å². The molecule has 1 aromatic carbocycles. The molecule has 0 aromatic heterocycles. The van der Waals surface area contributed by atoms with Crippen LogP contribution in [0.5, 0.6) is 0 Å². The van der Waals surface area contributed by atoms with Crippen LogP contribution in [0.1, 0.15) is 18.9 Å². The average Bonchev–Trinajstić information content (AvgIpc) is 2.11. The summed E-state index contributed by atoms with van der Waals surface area (Å²) in [6.07, 6.45) is -0.670. The van der Waals surface area contributed by atoms with Crippen LogP contribution >= 0.6 is 0 Å². The Kier molecular flexibility index (Phi) is 4.58. The van der Waals surface area contributed by atoms with Crippen molar-refractivity contribution in [3.8, 4) is 0 Å². The zero-order valence-corrected chi connectivity index (χ0v) is 12.8. The van der Waals surface area contributed by atoms with E-state index < -0.39 is 55.4 Å². The van der Waals surface area contributed by atoms with Crippen molar-refractivity contribution in [1.82, 2.24) is 0 Å². The predicted octanol–water partition coefficient (Wildman–Crippen LogP) is -1.23. The SMILES string of the molecule is CCC[I+](F)(F)(F)(F)c1c(F)cc(C)c(F)c1F.[Cl-]. The molecule has 0 heterocycles. The first-order valence-electron chi connectivity index (χ1n) is 4.88. The van der Waals surface area contributed by atoms with E-state index in [9.17, 15) is 24.6 Å². The fourth-order valence-corrected chi connectivity index (χ4v) is 6.85. The molecule has 9 heteroatoms. The first-order valence-corrected chi connectivity index (χ1v) is 10.7. The molecule has 0 unspecified atom stereocenters. The molecule has 0 aliphatic carbocycles. The number of alkyl halides is 1. The van der Waals surface area contributed by atoms with Gasteiger partial charge in [-0.3, -0.25) is 0 Å². The summed E-state index contributed by atoms with van der Waals surface area (Å²) >= 11 is -9.98. The standard InChI is InChI=1S/C10H11F7I.ClH/c1-3-4-18(14,15,16,17)10-7(11)5-6(2)8(12)9(10)13;/h5H,3-4H2,1-2H3;1H/q+1;/p-1. The molecule has 0 aliphatic heterocycles. The summed E-state index contributed by atoms with van der Waals surface area (Å²) in [5.41, 5.74) is -0.644. The molecule has 0 bridgehead atoms. The van der Waals surface area contributed by atoms with Gasteiger partial charge in [0.15, 0.2) is 0 Å². The quantitative estimate of drug-likeness (QED) is 0.187. The van der Waals surface area contributed by atoms with Gasteiger partial charge in [-0.25, -0.2) is 0 Å². The molecule has 114 valence electrons. The van der Waals surface area contributed by atoms with Crippen LogP contribution in [0.2, 0.25) is 0 Å². The van der Waals surface area contributed by atoms with Crippen LogP contribution < -0.4 is 30.4 Å². The zero-order valence-electron chi connectivity index (χ0n) is 9.89. The fourth-order valence-electron chi connectivity index (χ4n) is 1.55. The van der Waals surface area contributed by atoms with Crippen LogP contribution in [0.4, 0.5) is 24.6 Å². The molecule has 0 atom stereocenters. The molecule has 0 amide bonds. The molecule has 0 nitrogen and oxygen atoms in total. The summed E-state index contributed by atoms with van der Waals surface area (Å²) in [5.74, 6) is -6.46. The number of aryl methyl sites for hydroxylation is 1. The number of benzene rings is 1. The van der Waals surface area contributed by atoms with Crippen LogP contribution in [0.25, 0.3) is 0 Å². The van der Waals surface area contributed by atoms with Gasteiger partial charge in [0, 0.05) is 0 Å². The van der Waals surface area contributed by atoms with Crippen LogP contribution in [0.3, 0.4) is 0 Å². The number of hydrogen-bond acceptors (Lipinski definition) is 0. The van der Waals surface area contributed by atoms with Gasteiger partial charge in [0.25, 0.3) is 0 Å². The summed E-state index contributed by atoms with van der Waals surface area (Å²) in [6, 6.07) is 0.157. The Hall–Kier alpha value is -0.250. The van der Waals surface area contributed by atoms with Crippen molar-refractivity contribution in [3.63, 3.8) is 0 Å². The molecule has 0 aliphatic rings. The Morgan fingerprint density at radius 1 is 1.00 bits per heavy atom. The number of rotatable bonds is 3. The van der Waals surface area contributed by atoms with Crippen molar-refractivity contribution >= 4 is 0 Å². The van der Waals surface area contributed by atoms with Crippen molar-refractivity contribution in [1.29, 1.82) is 0 Å². The Labute approximate surface area is 112 Å². The molecule has 0 spiro atoms. The minimum absolute atomic E-state index is 0. The minimum Gasteiger partial charge on any atom is -1.00 e. The van der Waals surface area contributed by atoms with Crippen LogP contribution in [-0.4, -0.2) is 4.43 Å². The van der Waals surface area contributed by atoms with Crippen molar-refractivity contribution in [3.05, 3.63) is 32.7 Å². The van der Waals surface area contributed by atoms with E-state index in [1.54, 1.807) is 0 Å². The van der Waals surface area contributed by atoms with E-state index in [4.69, 9.17) is 0 Å². The normalized spacial score (nSPS) is 15.4. The van der Waals surface area contributed by atoms with Crippen LogP contribution in [0.15, 0.2) is 6.07 Å². The first-order chi connectivity index (χ1) is 7.82. The Morgan fingerprint density at radius 3 is 1.89 bits per heavy atom. The van der Waals surface area contributed by atoms with E-state index in [-0.39, 0.29) is 18.5 Å². The molecule has 0 saturated heterocycles. The summed E-state index contributed by atoms with van der Waals surface area (Å²) < 4.78 is 89.4. The fraction of sp³-hybridized carbons (Fsp3) is 0.400. The maximum Gasteiger partial charge on any atom is -1.00 e. The van der Waals surface area contributed by atoms with Gasteiger partial charge in [-0.2, -0.15) is 0 Å². The monoisotopic (exact) mass is 426 g/mol. The maximum absolute atomic E-state index is 13.6. The molecular weight excluding hydrogens is 415 g/mol. The summed E-state index contributed by atoms with van der Waals surface area (Å²) in [6.45, 7) is 1.92. The largest absolute Gasteiger partial charge is 1.00 e. The van der Waals surface area contributed by atoms with E-state index >= 15 is 0 Å². The smallest absolute Gasteiger partial charge is 1.00 e. The third kappa shape index (κ3) is 3.45. The van der Waals surface area contributed by atoms with E-state index in [0.717, 1.165) is 13.8 Å². The maximum atomic E-state index is 13.6. The molecule has 0 fully saturated rings.